The predicted molar refractivity (Wildman–Crippen MR) is 152 cm³/mol. The van der Waals surface area contributed by atoms with Crippen LogP contribution in [-0.2, 0) is 11.2 Å². The molecule has 0 fully saturated rings. The van der Waals surface area contributed by atoms with E-state index in [-0.39, 0.29) is 6.17 Å². The van der Waals surface area contributed by atoms with E-state index in [9.17, 15) is 4.79 Å². The Hall–Kier alpha value is -2.53. The van der Waals surface area contributed by atoms with Gasteiger partial charge in [0.15, 0.2) is 12.5 Å². The molecule has 35 heavy (non-hydrogen) atoms. The van der Waals surface area contributed by atoms with E-state index in [4.69, 9.17) is 4.74 Å². The van der Waals surface area contributed by atoms with Crippen molar-refractivity contribution in [2.45, 2.75) is 79.8 Å². The number of nitrogens with one attached hydrogen (secondary N) is 2. The van der Waals surface area contributed by atoms with Crippen LogP contribution in [0.5, 0.6) is 5.75 Å². The van der Waals surface area contributed by atoms with Gasteiger partial charge in [0.25, 0.3) is 0 Å². The molecule has 0 bridgehead atoms. The van der Waals surface area contributed by atoms with Gasteiger partial charge in [-0.3, -0.25) is 4.79 Å². The van der Waals surface area contributed by atoms with Crippen molar-refractivity contribution in [3.05, 3.63) is 53.6 Å². The van der Waals surface area contributed by atoms with Crippen LogP contribution in [0, 0.1) is 12.8 Å². The summed E-state index contributed by atoms with van der Waals surface area (Å²) >= 11 is 0. The summed E-state index contributed by atoms with van der Waals surface area (Å²) < 4.78 is 5.79. The minimum atomic E-state index is -0.252. The van der Waals surface area contributed by atoms with E-state index in [0.717, 1.165) is 55.2 Å². The van der Waals surface area contributed by atoms with E-state index in [1.807, 2.05) is 37.9 Å². The van der Waals surface area contributed by atoms with Crippen LogP contribution in [0.25, 0.3) is 0 Å². The maximum atomic E-state index is 11.0. The normalized spacial score (nSPS) is 13.7. The second-order valence-corrected chi connectivity index (χ2v) is 9.24. The van der Waals surface area contributed by atoms with E-state index in [1.165, 1.54) is 37.1 Å². The van der Waals surface area contributed by atoms with Gasteiger partial charge in [0, 0.05) is 7.05 Å². The largest absolute Gasteiger partial charge is 0.494 e. The maximum absolute atomic E-state index is 11.0. The first-order valence-corrected chi connectivity index (χ1v) is 13.4. The zero-order valence-corrected chi connectivity index (χ0v) is 23.2. The Balaban J connectivity index is 0.000000473. The molecule has 0 aromatic heterocycles. The lowest BCUT2D eigenvalue weighted by Gasteiger charge is -2.16. The molecule has 0 spiro atoms. The highest BCUT2D eigenvalue weighted by molar-refractivity contribution is 5.84. The van der Waals surface area contributed by atoms with Gasteiger partial charge in [0.1, 0.15) is 5.75 Å². The van der Waals surface area contributed by atoms with Crippen LogP contribution >= 0.6 is 0 Å². The molecule has 5 heteroatoms. The number of hydrogen-bond acceptors (Lipinski definition) is 5. The number of carbonyl (C=O) groups is 1. The molecule has 3 rings (SSSR count). The lowest BCUT2D eigenvalue weighted by atomic mass is 10.1. The minimum absolute atomic E-state index is 0.252. The number of unbranched alkanes of at least 4 members (excludes halogenated alkanes) is 1. The van der Waals surface area contributed by atoms with Gasteiger partial charge in [0.2, 0.25) is 0 Å². The molecule has 1 heterocycles. The smallest absolute Gasteiger partial charge is 0.162 e. The van der Waals surface area contributed by atoms with Crippen molar-refractivity contribution in [2.24, 2.45) is 5.92 Å². The lowest BCUT2D eigenvalue weighted by molar-refractivity contribution is -0.108. The van der Waals surface area contributed by atoms with Crippen molar-refractivity contribution in [3.63, 3.8) is 0 Å². The number of ether oxygens (including phenoxy) is 1. The highest BCUT2D eigenvalue weighted by atomic mass is 16.5. The summed E-state index contributed by atoms with van der Waals surface area (Å²) in [6.07, 6.45) is 6.36. The summed E-state index contributed by atoms with van der Waals surface area (Å²) in [6.45, 7) is 15.9. The number of likely N-dealkylation sites (N-methyl/N-ethyl adjacent to an activating group) is 1. The van der Waals surface area contributed by atoms with Crippen LogP contribution < -0.4 is 20.3 Å². The fourth-order valence-corrected chi connectivity index (χ4v) is 3.70. The molecular formula is C30H49N3O2. The number of nitrogens with zero attached hydrogens (tertiary/aromatic N) is 1. The van der Waals surface area contributed by atoms with Gasteiger partial charge in [-0.05, 0) is 93.4 Å². The molecular weight excluding hydrogens is 434 g/mol. The minimum Gasteiger partial charge on any atom is -0.494 e. The molecule has 0 radical (unpaired) electrons. The third-order valence-electron chi connectivity index (χ3n) is 5.73. The van der Waals surface area contributed by atoms with Crippen molar-refractivity contribution in [2.75, 3.05) is 37.0 Å². The molecule has 2 aromatic carbocycles. The van der Waals surface area contributed by atoms with Crippen LogP contribution in [0.1, 0.15) is 71.4 Å². The molecule has 1 unspecified atom stereocenters. The summed E-state index contributed by atoms with van der Waals surface area (Å²) in [4.78, 5) is 13.0. The van der Waals surface area contributed by atoms with Crippen molar-refractivity contribution in [3.8, 4) is 5.75 Å². The predicted octanol–water partition coefficient (Wildman–Crippen LogP) is 6.84. The number of carbonyl (C=O) groups excluding carboxylic acids is 1. The van der Waals surface area contributed by atoms with Gasteiger partial charge in [0.05, 0.1) is 18.0 Å². The van der Waals surface area contributed by atoms with E-state index >= 15 is 0 Å². The fraction of sp³-hybridized carbons (Fsp3) is 0.567. The quantitative estimate of drug-likeness (QED) is 0.256. The Morgan fingerprint density at radius 3 is 2.54 bits per heavy atom. The van der Waals surface area contributed by atoms with Crippen LogP contribution in [-0.4, -0.2) is 39.2 Å². The van der Waals surface area contributed by atoms with Gasteiger partial charge in [-0.1, -0.05) is 52.8 Å². The molecule has 2 N–H and O–H groups in total. The Kier molecular flexibility index (Phi) is 15.5. The van der Waals surface area contributed by atoms with Crippen molar-refractivity contribution < 1.29 is 9.53 Å². The third-order valence-corrected chi connectivity index (χ3v) is 5.73. The molecule has 1 aliphatic heterocycles. The zero-order valence-electron chi connectivity index (χ0n) is 23.2. The van der Waals surface area contributed by atoms with Gasteiger partial charge < -0.3 is 20.3 Å². The Bertz CT molecular complexity index is 838. The fourth-order valence-electron chi connectivity index (χ4n) is 3.70. The topological polar surface area (TPSA) is 53.6 Å². The summed E-state index contributed by atoms with van der Waals surface area (Å²) in [7, 11) is 1.94. The Morgan fingerprint density at radius 1 is 1.11 bits per heavy atom. The molecule has 196 valence electrons. The standard InChI is InChI=1S/C20H24N2O2.C8H19N.C2H6/c1-15-6-5-8-17(12-15)24-11-4-3-7-16-9-10-18-19(13-16)22(2)20(14-23)21-18;1-4-6-9-7-5-8(2)3;1-2/h5-6,8-10,12-14,20-21H,3-4,7,11H2,1-2H3;8-9H,4-7H2,1-3H3;1-2H3. The first kappa shape index (κ1) is 30.5. The number of aldehydes is 1. The van der Waals surface area contributed by atoms with Gasteiger partial charge in [-0.15, -0.1) is 0 Å². The van der Waals surface area contributed by atoms with E-state index in [1.54, 1.807) is 0 Å². The maximum Gasteiger partial charge on any atom is 0.162 e. The van der Waals surface area contributed by atoms with Crippen molar-refractivity contribution in [1.82, 2.24) is 5.32 Å². The highest BCUT2D eigenvalue weighted by Crippen LogP contribution is 2.33. The molecule has 1 atom stereocenters. The summed E-state index contributed by atoms with van der Waals surface area (Å²) in [5.41, 5.74) is 4.64. The average molecular weight is 484 g/mol. The number of anilines is 2. The third kappa shape index (κ3) is 11.6. The van der Waals surface area contributed by atoms with Gasteiger partial charge in [-0.2, -0.15) is 0 Å². The monoisotopic (exact) mass is 483 g/mol. The summed E-state index contributed by atoms with van der Waals surface area (Å²) in [6, 6.07) is 14.5. The number of fused-ring (bicyclic) bond motifs is 1. The van der Waals surface area contributed by atoms with Gasteiger partial charge >= 0.3 is 0 Å². The molecule has 0 aliphatic carbocycles. The number of rotatable bonds is 12. The number of hydrogen-bond donors (Lipinski definition) is 2. The average Bonchev–Trinajstić information content (AvgIpc) is 3.18. The Labute approximate surface area is 214 Å². The second kappa shape index (κ2) is 17.8. The summed E-state index contributed by atoms with van der Waals surface area (Å²) in [5.74, 6) is 1.79. The Morgan fingerprint density at radius 2 is 1.89 bits per heavy atom. The van der Waals surface area contributed by atoms with Crippen LogP contribution in [0.2, 0.25) is 0 Å². The first-order chi connectivity index (χ1) is 16.9. The summed E-state index contributed by atoms with van der Waals surface area (Å²) in [5, 5.41) is 6.56. The van der Waals surface area contributed by atoms with E-state index in [0.29, 0.717) is 0 Å². The van der Waals surface area contributed by atoms with Crippen LogP contribution in [0.4, 0.5) is 11.4 Å². The van der Waals surface area contributed by atoms with Crippen molar-refractivity contribution in [1.29, 1.82) is 0 Å². The molecule has 0 amide bonds. The van der Waals surface area contributed by atoms with Crippen molar-refractivity contribution >= 4 is 17.7 Å². The van der Waals surface area contributed by atoms with Crippen LogP contribution in [0.15, 0.2) is 42.5 Å². The zero-order chi connectivity index (χ0) is 26.1. The SMILES string of the molecule is CC.CCCNCCC(C)C.Cc1cccc(OCCCCc2ccc3c(c2)N(C)C(C=O)N3)c1. The molecule has 5 nitrogen and oxygen atoms in total. The molecule has 1 aliphatic rings. The first-order valence-electron chi connectivity index (χ1n) is 13.4. The molecule has 0 saturated carbocycles. The lowest BCUT2D eigenvalue weighted by Crippen LogP contribution is -2.33. The van der Waals surface area contributed by atoms with E-state index in [2.05, 4.69) is 68.7 Å². The second-order valence-electron chi connectivity index (χ2n) is 9.24. The van der Waals surface area contributed by atoms with Gasteiger partial charge in [-0.25, -0.2) is 0 Å². The number of aryl methyl sites for hydroxylation is 2. The number of benzene rings is 2. The highest BCUT2D eigenvalue weighted by Gasteiger charge is 2.24. The van der Waals surface area contributed by atoms with E-state index < -0.39 is 0 Å². The molecule has 2 aromatic rings. The molecule has 0 saturated heterocycles. The van der Waals surface area contributed by atoms with Crippen LogP contribution in [0.3, 0.4) is 0 Å².